The minimum atomic E-state index is -0.395. The van der Waals surface area contributed by atoms with Crippen LogP contribution < -0.4 is 11.1 Å². The summed E-state index contributed by atoms with van der Waals surface area (Å²) in [6, 6.07) is 4.96. The Morgan fingerprint density at radius 1 is 1.33 bits per heavy atom. The Labute approximate surface area is 125 Å². The Kier molecular flexibility index (Phi) is 4.63. The van der Waals surface area contributed by atoms with Crippen molar-refractivity contribution in [2.45, 2.75) is 45.7 Å². The van der Waals surface area contributed by atoms with Gasteiger partial charge in [0.2, 0.25) is 0 Å². The zero-order chi connectivity index (χ0) is 15.6. The highest BCUT2D eigenvalue weighted by atomic mass is 16.2. The van der Waals surface area contributed by atoms with Crippen LogP contribution in [0.25, 0.3) is 0 Å². The molecular formula is C16H23N3O2. The van der Waals surface area contributed by atoms with E-state index in [-0.39, 0.29) is 24.5 Å². The number of imide groups is 1. The van der Waals surface area contributed by atoms with E-state index in [4.69, 9.17) is 5.73 Å². The van der Waals surface area contributed by atoms with Crippen LogP contribution in [0.2, 0.25) is 0 Å². The van der Waals surface area contributed by atoms with Crippen molar-refractivity contribution in [3.8, 4) is 0 Å². The normalized spacial score (nSPS) is 19.8. The second-order valence-corrected chi connectivity index (χ2v) is 5.71. The first-order valence-corrected chi connectivity index (χ1v) is 7.38. The van der Waals surface area contributed by atoms with Crippen LogP contribution in [0.5, 0.6) is 0 Å². The first-order chi connectivity index (χ1) is 9.93. The summed E-state index contributed by atoms with van der Waals surface area (Å²) in [7, 11) is 0. The topological polar surface area (TPSA) is 75.4 Å². The van der Waals surface area contributed by atoms with Crippen molar-refractivity contribution < 1.29 is 9.59 Å². The van der Waals surface area contributed by atoms with Gasteiger partial charge >= 0.3 is 6.03 Å². The summed E-state index contributed by atoms with van der Waals surface area (Å²) in [6.45, 7) is 6.19. The van der Waals surface area contributed by atoms with E-state index < -0.39 is 6.04 Å². The van der Waals surface area contributed by atoms with E-state index in [2.05, 4.69) is 5.32 Å². The molecule has 1 aromatic rings. The summed E-state index contributed by atoms with van der Waals surface area (Å²) < 4.78 is 0. The lowest BCUT2D eigenvalue weighted by atomic mass is 9.99. The molecule has 5 nitrogen and oxygen atoms in total. The number of nitrogens with one attached hydrogen (secondary N) is 1. The fraction of sp³-hybridized carbons (Fsp3) is 0.500. The highest BCUT2D eigenvalue weighted by Gasteiger charge is 2.38. The predicted molar refractivity (Wildman–Crippen MR) is 81.8 cm³/mol. The molecule has 0 aromatic heterocycles. The quantitative estimate of drug-likeness (QED) is 0.814. The standard InChI is InChI=1S/C16H23N3O2/c1-4-5-14-15(20)19(16(21)18-14)9-13(17)12-8-10(2)6-7-11(12)3/h6-8,13-14H,4-5,9,17H2,1-3H3,(H,18,21). The van der Waals surface area contributed by atoms with E-state index in [0.717, 1.165) is 23.1 Å². The Bertz CT molecular complexity index is 556. The average molecular weight is 289 g/mol. The van der Waals surface area contributed by atoms with Crippen LogP contribution in [0.1, 0.15) is 42.5 Å². The first-order valence-electron chi connectivity index (χ1n) is 7.38. The minimum absolute atomic E-state index is 0.164. The number of nitrogens with zero attached hydrogens (tertiary/aromatic N) is 1. The second kappa shape index (κ2) is 6.26. The van der Waals surface area contributed by atoms with Crippen LogP contribution >= 0.6 is 0 Å². The Hall–Kier alpha value is -1.88. The molecule has 5 heteroatoms. The third-order valence-electron chi connectivity index (χ3n) is 3.90. The lowest BCUT2D eigenvalue weighted by Crippen LogP contribution is -2.37. The molecule has 3 amide bonds. The molecule has 2 unspecified atom stereocenters. The molecule has 114 valence electrons. The number of carbonyl (C=O) groups excluding carboxylic acids is 2. The number of nitrogens with two attached hydrogens (primary N) is 1. The van der Waals surface area contributed by atoms with Gasteiger partial charge in [0.15, 0.2) is 0 Å². The molecule has 1 aromatic carbocycles. The summed E-state index contributed by atoms with van der Waals surface area (Å²) in [5.74, 6) is -0.164. The van der Waals surface area contributed by atoms with Crippen LogP contribution in [0.15, 0.2) is 18.2 Å². The number of hydrogen-bond donors (Lipinski definition) is 2. The van der Waals surface area contributed by atoms with Crippen LogP contribution in [-0.2, 0) is 4.79 Å². The van der Waals surface area contributed by atoms with Gasteiger partial charge in [-0.05, 0) is 31.4 Å². The average Bonchev–Trinajstić information content (AvgIpc) is 2.69. The molecule has 1 heterocycles. The second-order valence-electron chi connectivity index (χ2n) is 5.71. The van der Waals surface area contributed by atoms with Gasteiger partial charge in [-0.15, -0.1) is 0 Å². The van der Waals surface area contributed by atoms with E-state index in [1.807, 2.05) is 39.0 Å². The van der Waals surface area contributed by atoms with Gasteiger partial charge in [0.1, 0.15) is 6.04 Å². The lowest BCUT2D eigenvalue weighted by Gasteiger charge is -2.20. The zero-order valence-electron chi connectivity index (χ0n) is 12.8. The van der Waals surface area contributed by atoms with Crippen molar-refractivity contribution in [3.63, 3.8) is 0 Å². The molecule has 1 aliphatic heterocycles. The van der Waals surface area contributed by atoms with Gasteiger partial charge < -0.3 is 11.1 Å². The maximum Gasteiger partial charge on any atom is 0.324 e. The monoisotopic (exact) mass is 289 g/mol. The molecule has 3 N–H and O–H groups in total. The predicted octanol–water partition coefficient (Wildman–Crippen LogP) is 2.02. The molecule has 1 saturated heterocycles. The third-order valence-corrected chi connectivity index (χ3v) is 3.90. The van der Waals surface area contributed by atoms with Crippen molar-refractivity contribution in [2.75, 3.05) is 6.54 Å². The SMILES string of the molecule is CCCC1NC(=O)N(CC(N)c2cc(C)ccc2C)C1=O. The minimum Gasteiger partial charge on any atom is -0.326 e. The van der Waals surface area contributed by atoms with Crippen LogP contribution in [0, 0.1) is 13.8 Å². The van der Waals surface area contributed by atoms with E-state index in [1.54, 1.807) is 0 Å². The number of hydrogen-bond acceptors (Lipinski definition) is 3. The number of aryl methyl sites for hydroxylation is 2. The fourth-order valence-corrected chi connectivity index (χ4v) is 2.69. The van der Waals surface area contributed by atoms with Crippen molar-refractivity contribution in [3.05, 3.63) is 34.9 Å². The van der Waals surface area contributed by atoms with Gasteiger partial charge in [0.25, 0.3) is 5.91 Å². The van der Waals surface area contributed by atoms with Gasteiger partial charge in [0.05, 0.1) is 0 Å². The maximum absolute atomic E-state index is 12.2. The van der Waals surface area contributed by atoms with Gasteiger partial charge in [0, 0.05) is 12.6 Å². The molecule has 0 spiro atoms. The number of carbonyl (C=O) groups is 2. The molecule has 21 heavy (non-hydrogen) atoms. The van der Waals surface area contributed by atoms with Gasteiger partial charge in [-0.1, -0.05) is 37.1 Å². The highest BCUT2D eigenvalue weighted by molar-refractivity contribution is 6.04. The molecule has 2 rings (SSSR count). The Morgan fingerprint density at radius 3 is 2.71 bits per heavy atom. The van der Waals surface area contributed by atoms with Crippen molar-refractivity contribution >= 4 is 11.9 Å². The molecule has 2 atom stereocenters. The van der Waals surface area contributed by atoms with E-state index in [0.29, 0.717) is 6.42 Å². The summed E-state index contributed by atoms with van der Waals surface area (Å²) >= 11 is 0. The lowest BCUT2D eigenvalue weighted by molar-refractivity contribution is -0.127. The summed E-state index contributed by atoms with van der Waals surface area (Å²) in [4.78, 5) is 25.4. The number of urea groups is 1. The molecule has 1 aliphatic rings. The summed E-state index contributed by atoms with van der Waals surface area (Å²) in [5.41, 5.74) is 9.39. The smallest absolute Gasteiger partial charge is 0.324 e. The van der Waals surface area contributed by atoms with Crippen molar-refractivity contribution in [1.82, 2.24) is 10.2 Å². The van der Waals surface area contributed by atoms with Crippen molar-refractivity contribution in [2.24, 2.45) is 5.73 Å². The van der Waals surface area contributed by atoms with Crippen LogP contribution in [-0.4, -0.2) is 29.4 Å². The maximum atomic E-state index is 12.2. The fourth-order valence-electron chi connectivity index (χ4n) is 2.69. The van der Waals surface area contributed by atoms with E-state index in [9.17, 15) is 9.59 Å². The molecule has 0 saturated carbocycles. The molecule has 0 bridgehead atoms. The number of benzene rings is 1. The molecule has 1 fully saturated rings. The van der Waals surface area contributed by atoms with Gasteiger partial charge in [-0.2, -0.15) is 0 Å². The Morgan fingerprint density at radius 2 is 2.05 bits per heavy atom. The first kappa shape index (κ1) is 15.5. The largest absolute Gasteiger partial charge is 0.326 e. The van der Waals surface area contributed by atoms with Crippen molar-refractivity contribution in [1.29, 1.82) is 0 Å². The van der Waals surface area contributed by atoms with Crippen LogP contribution in [0.4, 0.5) is 4.79 Å². The van der Waals surface area contributed by atoms with Gasteiger partial charge in [-0.25, -0.2) is 4.79 Å². The van der Waals surface area contributed by atoms with E-state index >= 15 is 0 Å². The third kappa shape index (κ3) is 3.24. The Balaban J connectivity index is 2.12. The molecular weight excluding hydrogens is 266 g/mol. The zero-order valence-corrected chi connectivity index (χ0v) is 12.8. The molecule has 0 aliphatic carbocycles. The number of amides is 3. The van der Waals surface area contributed by atoms with Gasteiger partial charge in [-0.3, -0.25) is 9.69 Å². The summed E-state index contributed by atoms with van der Waals surface area (Å²) in [6.07, 6.45) is 1.52. The summed E-state index contributed by atoms with van der Waals surface area (Å²) in [5, 5.41) is 2.72. The van der Waals surface area contributed by atoms with Crippen LogP contribution in [0.3, 0.4) is 0 Å². The molecule has 0 radical (unpaired) electrons. The van der Waals surface area contributed by atoms with E-state index in [1.165, 1.54) is 4.90 Å². The highest BCUT2D eigenvalue weighted by Crippen LogP contribution is 2.20. The number of rotatable bonds is 5.